The third-order valence-corrected chi connectivity index (χ3v) is 6.09. The summed E-state index contributed by atoms with van der Waals surface area (Å²) in [6, 6.07) is 13.8. The molecule has 0 radical (unpaired) electrons. The number of aromatic nitrogens is 2. The zero-order valence-corrected chi connectivity index (χ0v) is 19.0. The fraction of sp³-hybridized carbons (Fsp3) is 0.318. The van der Waals surface area contributed by atoms with Gasteiger partial charge in [-0.1, -0.05) is 47.1 Å². The van der Waals surface area contributed by atoms with E-state index >= 15 is 0 Å². The van der Waals surface area contributed by atoms with Crippen LogP contribution in [0.5, 0.6) is 0 Å². The molecule has 1 heterocycles. The molecule has 8 nitrogen and oxygen atoms in total. The lowest BCUT2D eigenvalue weighted by Gasteiger charge is -2.30. The van der Waals surface area contributed by atoms with Gasteiger partial charge in [-0.25, -0.2) is 8.42 Å². The van der Waals surface area contributed by atoms with Crippen molar-refractivity contribution in [3.63, 3.8) is 0 Å². The Kier molecular flexibility index (Phi) is 6.45. The molecule has 0 bridgehead atoms. The van der Waals surface area contributed by atoms with Crippen LogP contribution in [0.4, 0.5) is 5.69 Å². The first-order chi connectivity index (χ1) is 14.6. The smallest absolute Gasteiger partial charge is 0.246 e. The van der Waals surface area contributed by atoms with Crippen molar-refractivity contribution >= 4 is 21.6 Å². The van der Waals surface area contributed by atoms with Gasteiger partial charge in [-0.3, -0.25) is 9.10 Å². The Labute approximate surface area is 182 Å². The molecule has 0 N–H and O–H groups in total. The molecular formula is C22H26N4O4S. The maximum absolute atomic E-state index is 13.0. The molecule has 1 aromatic heterocycles. The van der Waals surface area contributed by atoms with Crippen molar-refractivity contribution in [3.8, 4) is 11.4 Å². The molecule has 2 aromatic carbocycles. The maximum Gasteiger partial charge on any atom is 0.246 e. The van der Waals surface area contributed by atoms with Crippen LogP contribution in [0, 0.1) is 13.8 Å². The van der Waals surface area contributed by atoms with Crippen molar-refractivity contribution in [1.82, 2.24) is 15.0 Å². The summed E-state index contributed by atoms with van der Waals surface area (Å²) in [5.41, 5.74) is 3.27. The first-order valence-electron chi connectivity index (χ1n) is 9.77. The molecule has 31 heavy (non-hydrogen) atoms. The van der Waals surface area contributed by atoms with E-state index in [1.54, 1.807) is 32.2 Å². The highest BCUT2D eigenvalue weighted by Crippen LogP contribution is 2.23. The van der Waals surface area contributed by atoms with E-state index in [1.165, 1.54) is 4.90 Å². The molecule has 0 aliphatic carbocycles. The zero-order valence-electron chi connectivity index (χ0n) is 18.2. The van der Waals surface area contributed by atoms with Gasteiger partial charge in [0.1, 0.15) is 6.04 Å². The van der Waals surface area contributed by atoms with Gasteiger partial charge >= 0.3 is 0 Å². The second-order valence-corrected chi connectivity index (χ2v) is 9.51. The summed E-state index contributed by atoms with van der Waals surface area (Å²) in [7, 11) is -2.11. The number of aryl methyl sites for hydroxylation is 2. The number of carbonyl (C=O) groups is 1. The first-order valence-corrected chi connectivity index (χ1v) is 11.6. The lowest BCUT2D eigenvalue weighted by Crippen LogP contribution is -2.48. The zero-order chi connectivity index (χ0) is 22.8. The van der Waals surface area contributed by atoms with E-state index in [9.17, 15) is 13.2 Å². The van der Waals surface area contributed by atoms with E-state index in [2.05, 4.69) is 10.1 Å². The maximum atomic E-state index is 13.0. The molecule has 0 unspecified atom stereocenters. The molecule has 0 saturated carbocycles. The minimum atomic E-state index is -3.69. The number of benzene rings is 2. The van der Waals surface area contributed by atoms with Crippen molar-refractivity contribution in [2.45, 2.75) is 33.4 Å². The predicted molar refractivity (Wildman–Crippen MR) is 119 cm³/mol. The summed E-state index contributed by atoms with van der Waals surface area (Å²) in [6.07, 6.45) is 1.09. The molecule has 1 atom stereocenters. The van der Waals surface area contributed by atoms with Gasteiger partial charge in [-0.15, -0.1) is 0 Å². The summed E-state index contributed by atoms with van der Waals surface area (Å²) < 4.78 is 31.4. The van der Waals surface area contributed by atoms with Gasteiger partial charge in [-0.05, 0) is 38.5 Å². The Morgan fingerprint density at radius 2 is 1.77 bits per heavy atom. The molecule has 9 heteroatoms. The Balaban J connectivity index is 1.77. The van der Waals surface area contributed by atoms with Crippen LogP contribution >= 0.6 is 0 Å². The van der Waals surface area contributed by atoms with Gasteiger partial charge in [-0.2, -0.15) is 4.98 Å². The predicted octanol–water partition coefficient (Wildman–Crippen LogP) is 3.17. The second kappa shape index (κ2) is 8.89. The van der Waals surface area contributed by atoms with Gasteiger partial charge in [0.05, 0.1) is 18.5 Å². The summed E-state index contributed by atoms with van der Waals surface area (Å²) in [6.45, 7) is 5.48. The van der Waals surface area contributed by atoms with Crippen LogP contribution in [0.3, 0.4) is 0 Å². The highest BCUT2D eigenvalue weighted by atomic mass is 32.2. The van der Waals surface area contributed by atoms with Gasteiger partial charge in [0.25, 0.3) is 0 Å². The number of nitrogens with zero attached hydrogens (tertiary/aromatic N) is 4. The van der Waals surface area contributed by atoms with Crippen molar-refractivity contribution in [2.75, 3.05) is 17.6 Å². The van der Waals surface area contributed by atoms with Crippen molar-refractivity contribution in [2.24, 2.45) is 0 Å². The lowest BCUT2D eigenvalue weighted by molar-refractivity contribution is -0.131. The molecule has 0 spiro atoms. The van der Waals surface area contributed by atoms with Crippen LogP contribution in [-0.4, -0.2) is 48.7 Å². The monoisotopic (exact) mass is 442 g/mol. The minimum Gasteiger partial charge on any atom is -0.337 e. The van der Waals surface area contributed by atoms with Gasteiger partial charge in [0.2, 0.25) is 27.6 Å². The highest BCUT2D eigenvalue weighted by Gasteiger charge is 2.31. The molecule has 0 aliphatic rings. The summed E-state index contributed by atoms with van der Waals surface area (Å²) in [5, 5.41) is 3.97. The Bertz CT molecular complexity index is 1170. The molecular weight excluding hydrogens is 416 g/mol. The van der Waals surface area contributed by atoms with E-state index in [4.69, 9.17) is 4.52 Å². The average Bonchev–Trinajstić information content (AvgIpc) is 3.15. The van der Waals surface area contributed by atoms with E-state index in [0.29, 0.717) is 11.5 Å². The number of amides is 1. The number of likely N-dealkylation sites (N-methyl/N-ethyl adjacent to an activating group) is 1. The fourth-order valence-electron chi connectivity index (χ4n) is 3.31. The largest absolute Gasteiger partial charge is 0.337 e. The molecule has 164 valence electrons. The summed E-state index contributed by atoms with van der Waals surface area (Å²) >= 11 is 0. The summed E-state index contributed by atoms with van der Waals surface area (Å²) in [4.78, 5) is 18.8. The minimum absolute atomic E-state index is 0.0630. The van der Waals surface area contributed by atoms with Crippen LogP contribution in [0.25, 0.3) is 11.4 Å². The van der Waals surface area contributed by atoms with Crippen LogP contribution in [-0.2, 0) is 21.4 Å². The van der Waals surface area contributed by atoms with Gasteiger partial charge in [0, 0.05) is 12.6 Å². The normalized spacial score (nSPS) is 12.4. The number of rotatable bonds is 7. The third-order valence-electron chi connectivity index (χ3n) is 4.85. The second-order valence-electron chi connectivity index (χ2n) is 7.65. The van der Waals surface area contributed by atoms with E-state index in [1.807, 2.05) is 44.2 Å². The Morgan fingerprint density at radius 1 is 1.10 bits per heavy atom. The molecule has 0 saturated heterocycles. The quantitative estimate of drug-likeness (QED) is 0.558. The van der Waals surface area contributed by atoms with Crippen LogP contribution in [0.1, 0.15) is 23.9 Å². The van der Waals surface area contributed by atoms with Crippen molar-refractivity contribution in [3.05, 3.63) is 65.5 Å². The average molecular weight is 443 g/mol. The number of hydrogen-bond donors (Lipinski definition) is 0. The van der Waals surface area contributed by atoms with E-state index < -0.39 is 16.1 Å². The van der Waals surface area contributed by atoms with Gasteiger partial charge in [0.15, 0.2) is 0 Å². The van der Waals surface area contributed by atoms with Crippen LogP contribution in [0.2, 0.25) is 0 Å². The molecule has 0 fully saturated rings. The van der Waals surface area contributed by atoms with Crippen molar-refractivity contribution < 1.29 is 17.7 Å². The highest BCUT2D eigenvalue weighted by molar-refractivity contribution is 7.92. The Morgan fingerprint density at radius 3 is 2.39 bits per heavy atom. The van der Waals surface area contributed by atoms with E-state index in [0.717, 1.165) is 27.3 Å². The third kappa shape index (κ3) is 5.29. The number of hydrogen-bond acceptors (Lipinski definition) is 6. The lowest BCUT2D eigenvalue weighted by atomic mass is 10.1. The summed E-state index contributed by atoms with van der Waals surface area (Å²) in [5.74, 6) is 0.309. The van der Waals surface area contributed by atoms with Crippen molar-refractivity contribution in [1.29, 1.82) is 0 Å². The van der Waals surface area contributed by atoms with Gasteiger partial charge < -0.3 is 9.42 Å². The SMILES string of the molecule is Cc1ccc(-c2noc(CN(C)C(=O)[C@@H](C)N(c3cccc(C)c3)S(C)(=O)=O)n2)cc1. The molecule has 1 amide bonds. The fourth-order valence-corrected chi connectivity index (χ4v) is 4.47. The molecule has 0 aliphatic heterocycles. The number of anilines is 1. The molecule has 3 aromatic rings. The topological polar surface area (TPSA) is 96.6 Å². The standard InChI is InChI=1S/C22H26N4O4S/c1-15-9-11-18(12-10-15)21-23-20(30-24-21)14-25(4)22(27)17(3)26(31(5,28)29)19-8-6-7-16(2)13-19/h6-13,17H,14H2,1-5H3/t17-/m1/s1. The van der Waals surface area contributed by atoms with Crippen LogP contribution in [0.15, 0.2) is 53.1 Å². The number of carbonyl (C=O) groups excluding carboxylic acids is 1. The van der Waals surface area contributed by atoms with Crippen LogP contribution < -0.4 is 4.31 Å². The Hall–Kier alpha value is -3.20. The molecule has 3 rings (SSSR count). The first kappa shape index (κ1) is 22.5. The van der Waals surface area contributed by atoms with E-state index in [-0.39, 0.29) is 18.3 Å². The number of sulfonamides is 1.